The third-order valence-electron chi connectivity index (χ3n) is 4.56. The van der Waals surface area contributed by atoms with Gasteiger partial charge in [-0.25, -0.2) is 4.39 Å². The first-order valence-electron chi connectivity index (χ1n) is 7.89. The molecule has 1 saturated carbocycles. The molecule has 1 saturated heterocycles. The second-order valence-electron chi connectivity index (χ2n) is 6.32. The molecule has 0 aromatic heterocycles. The molecule has 1 aliphatic heterocycles. The number of nitrogens with one attached hydrogen (secondary N) is 1. The van der Waals surface area contributed by atoms with E-state index in [2.05, 4.69) is 16.3 Å². The number of likely N-dealkylation sites (tertiary alicyclic amines) is 1. The predicted octanol–water partition coefficient (Wildman–Crippen LogP) is 2.66. The lowest BCUT2D eigenvalue weighted by atomic mass is 10.0. The average Bonchev–Trinajstić information content (AvgIpc) is 3.31. The van der Waals surface area contributed by atoms with E-state index in [9.17, 15) is 4.39 Å². The number of hydrogen-bond acceptors (Lipinski definition) is 3. The number of benzene rings is 1. The van der Waals surface area contributed by atoms with E-state index in [1.807, 2.05) is 0 Å². The van der Waals surface area contributed by atoms with Crippen molar-refractivity contribution in [1.29, 1.82) is 5.26 Å². The first-order chi connectivity index (χ1) is 10.2. The van der Waals surface area contributed by atoms with Crippen LogP contribution < -0.4 is 5.32 Å². The van der Waals surface area contributed by atoms with Crippen molar-refractivity contribution in [3.05, 3.63) is 35.1 Å². The van der Waals surface area contributed by atoms with Crippen molar-refractivity contribution in [3.8, 4) is 6.07 Å². The van der Waals surface area contributed by atoms with Crippen LogP contribution in [0.25, 0.3) is 0 Å². The topological polar surface area (TPSA) is 39.1 Å². The molecule has 0 unspecified atom stereocenters. The molecule has 0 bridgehead atoms. The molecule has 1 N–H and O–H groups in total. The summed E-state index contributed by atoms with van der Waals surface area (Å²) in [6, 6.07) is 7.22. The average molecular weight is 287 g/mol. The Morgan fingerprint density at radius 1 is 1.24 bits per heavy atom. The molecule has 0 radical (unpaired) electrons. The number of halogens is 1. The van der Waals surface area contributed by atoms with E-state index in [1.54, 1.807) is 6.07 Å². The third-order valence-corrected chi connectivity index (χ3v) is 4.56. The summed E-state index contributed by atoms with van der Waals surface area (Å²) in [7, 11) is 0. The van der Waals surface area contributed by atoms with Gasteiger partial charge in [0.25, 0.3) is 0 Å². The minimum atomic E-state index is -0.259. The molecule has 0 amide bonds. The monoisotopic (exact) mass is 287 g/mol. The Bertz CT molecular complexity index is 525. The van der Waals surface area contributed by atoms with Crippen molar-refractivity contribution in [1.82, 2.24) is 10.2 Å². The van der Waals surface area contributed by atoms with Crippen molar-refractivity contribution < 1.29 is 4.39 Å². The number of nitrogens with zero attached hydrogens (tertiary/aromatic N) is 2. The number of rotatable bonds is 5. The quantitative estimate of drug-likeness (QED) is 0.905. The van der Waals surface area contributed by atoms with Crippen molar-refractivity contribution in [2.45, 2.75) is 38.3 Å². The highest BCUT2D eigenvalue weighted by molar-refractivity contribution is 5.37. The van der Waals surface area contributed by atoms with E-state index >= 15 is 0 Å². The van der Waals surface area contributed by atoms with Crippen molar-refractivity contribution in [3.63, 3.8) is 0 Å². The van der Waals surface area contributed by atoms with Gasteiger partial charge in [0.15, 0.2) is 0 Å². The molecule has 3 rings (SSSR count). The Hall–Kier alpha value is -1.44. The zero-order valence-corrected chi connectivity index (χ0v) is 12.3. The van der Waals surface area contributed by atoms with E-state index in [4.69, 9.17) is 5.26 Å². The lowest BCUT2D eigenvalue weighted by molar-refractivity contribution is 0.190. The van der Waals surface area contributed by atoms with E-state index in [-0.39, 0.29) is 5.82 Å². The van der Waals surface area contributed by atoms with Gasteiger partial charge >= 0.3 is 0 Å². The van der Waals surface area contributed by atoms with Crippen LogP contribution in [0.1, 0.15) is 36.8 Å². The molecule has 1 aromatic carbocycles. The van der Waals surface area contributed by atoms with E-state index < -0.39 is 0 Å². The Balaban J connectivity index is 1.50. The number of piperidine rings is 1. The fraction of sp³-hybridized carbons (Fsp3) is 0.588. The van der Waals surface area contributed by atoms with Crippen LogP contribution in [0.4, 0.5) is 4.39 Å². The minimum Gasteiger partial charge on any atom is -0.314 e. The van der Waals surface area contributed by atoms with Gasteiger partial charge in [-0.05, 0) is 75.0 Å². The summed E-state index contributed by atoms with van der Waals surface area (Å²) in [6.07, 6.45) is 5.07. The zero-order chi connectivity index (χ0) is 14.7. The summed E-state index contributed by atoms with van der Waals surface area (Å²) in [5.41, 5.74) is 1.40. The fourth-order valence-electron chi connectivity index (χ4n) is 2.99. The van der Waals surface area contributed by atoms with Crippen molar-refractivity contribution in [2.75, 3.05) is 19.6 Å². The van der Waals surface area contributed by atoms with Gasteiger partial charge in [-0.3, -0.25) is 4.90 Å². The molecule has 21 heavy (non-hydrogen) atoms. The maximum Gasteiger partial charge on any atom is 0.123 e. The lowest BCUT2D eigenvalue weighted by Crippen LogP contribution is -2.42. The summed E-state index contributed by atoms with van der Waals surface area (Å²) in [6.45, 7) is 3.89. The van der Waals surface area contributed by atoms with E-state index in [0.717, 1.165) is 37.4 Å². The van der Waals surface area contributed by atoms with Crippen LogP contribution in [0, 0.1) is 23.1 Å². The lowest BCUT2D eigenvalue weighted by Gasteiger charge is -2.32. The van der Waals surface area contributed by atoms with Crippen LogP contribution in [0.5, 0.6) is 0 Å². The molecular weight excluding hydrogens is 265 g/mol. The number of hydrogen-bond donors (Lipinski definition) is 1. The summed E-state index contributed by atoms with van der Waals surface area (Å²) in [5.74, 6) is 0.665. The summed E-state index contributed by atoms with van der Waals surface area (Å²) >= 11 is 0. The van der Waals surface area contributed by atoms with Gasteiger partial charge in [0, 0.05) is 12.6 Å². The van der Waals surface area contributed by atoms with Gasteiger partial charge in [-0.2, -0.15) is 5.26 Å². The maximum atomic E-state index is 13.3. The van der Waals surface area contributed by atoms with Crippen molar-refractivity contribution >= 4 is 0 Å². The van der Waals surface area contributed by atoms with E-state index in [1.165, 1.54) is 31.5 Å². The van der Waals surface area contributed by atoms with Gasteiger partial charge < -0.3 is 5.32 Å². The van der Waals surface area contributed by atoms with Gasteiger partial charge in [0.2, 0.25) is 0 Å². The Morgan fingerprint density at radius 2 is 2.00 bits per heavy atom. The minimum absolute atomic E-state index is 0.259. The third kappa shape index (κ3) is 4.03. The molecule has 1 aliphatic carbocycles. The highest BCUT2D eigenvalue weighted by Gasteiger charge is 2.24. The molecule has 0 atom stereocenters. The number of nitriles is 1. The van der Waals surface area contributed by atoms with Crippen molar-refractivity contribution in [2.24, 2.45) is 5.92 Å². The normalized spacial score (nSPS) is 20.4. The molecule has 3 nitrogen and oxygen atoms in total. The van der Waals surface area contributed by atoms with Gasteiger partial charge in [0.1, 0.15) is 5.82 Å². The highest BCUT2D eigenvalue weighted by atomic mass is 19.1. The van der Waals surface area contributed by atoms with Crippen LogP contribution in [0.15, 0.2) is 18.2 Å². The molecule has 112 valence electrons. The first kappa shape index (κ1) is 14.5. The smallest absolute Gasteiger partial charge is 0.123 e. The Kier molecular flexibility index (Phi) is 4.52. The summed E-state index contributed by atoms with van der Waals surface area (Å²) in [5, 5.41) is 12.8. The Morgan fingerprint density at radius 3 is 2.67 bits per heavy atom. The molecule has 4 heteroatoms. The fourth-order valence-corrected chi connectivity index (χ4v) is 2.99. The SMILES string of the molecule is N#Cc1ccc(F)cc1CN1CCC(NCC2CC2)CC1. The molecule has 1 aromatic rings. The molecule has 1 heterocycles. The van der Waals surface area contributed by atoms with Crippen LogP contribution in [-0.4, -0.2) is 30.6 Å². The van der Waals surface area contributed by atoms with Crippen LogP contribution >= 0.6 is 0 Å². The predicted molar refractivity (Wildman–Crippen MR) is 80.1 cm³/mol. The second-order valence-corrected chi connectivity index (χ2v) is 6.32. The largest absolute Gasteiger partial charge is 0.314 e. The van der Waals surface area contributed by atoms with Gasteiger partial charge in [-0.15, -0.1) is 0 Å². The van der Waals surface area contributed by atoms with Crippen LogP contribution in [0.2, 0.25) is 0 Å². The highest BCUT2D eigenvalue weighted by Crippen LogP contribution is 2.28. The maximum absolute atomic E-state index is 13.3. The first-order valence-corrected chi connectivity index (χ1v) is 7.89. The molecular formula is C17H22FN3. The van der Waals surface area contributed by atoms with Gasteiger partial charge in [-0.1, -0.05) is 0 Å². The zero-order valence-electron chi connectivity index (χ0n) is 12.3. The second kappa shape index (κ2) is 6.55. The molecule has 2 aliphatic rings. The van der Waals surface area contributed by atoms with Crippen LogP contribution in [-0.2, 0) is 6.54 Å². The molecule has 2 fully saturated rings. The van der Waals surface area contributed by atoms with Crippen LogP contribution in [0.3, 0.4) is 0 Å². The van der Waals surface area contributed by atoms with E-state index in [0.29, 0.717) is 18.2 Å². The molecule has 0 spiro atoms. The van der Waals surface area contributed by atoms with Gasteiger partial charge in [0.05, 0.1) is 11.6 Å². The summed E-state index contributed by atoms with van der Waals surface area (Å²) in [4.78, 5) is 2.32. The Labute approximate surface area is 125 Å². The standard InChI is InChI=1S/C17H22FN3/c18-16-4-3-14(10-19)15(9-16)12-21-7-5-17(6-8-21)20-11-13-1-2-13/h3-4,9,13,17,20H,1-2,5-8,11-12H2. The summed E-state index contributed by atoms with van der Waals surface area (Å²) < 4.78 is 13.3.